The van der Waals surface area contributed by atoms with Crippen molar-refractivity contribution in [3.8, 4) is 0 Å². The van der Waals surface area contributed by atoms with E-state index in [1.807, 2.05) is 0 Å². The van der Waals surface area contributed by atoms with E-state index in [9.17, 15) is 12.8 Å². The summed E-state index contributed by atoms with van der Waals surface area (Å²) in [6, 6.07) is 10.1. The first-order valence-electron chi connectivity index (χ1n) is 5.76. The van der Waals surface area contributed by atoms with Gasteiger partial charge in [0.15, 0.2) is 0 Å². The number of nitrogens with two attached hydrogens (primary N) is 2. The third-order valence-electron chi connectivity index (χ3n) is 2.71. The van der Waals surface area contributed by atoms with Gasteiger partial charge in [0.2, 0.25) is 10.0 Å². The van der Waals surface area contributed by atoms with Crippen LogP contribution in [0.2, 0.25) is 0 Å². The molecule has 0 aliphatic heterocycles. The first kappa shape index (κ1) is 15.4. The number of rotatable bonds is 4. The van der Waals surface area contributed by atoms with Crippen molar-refractivity contribution < 1.29 is 12.8 Å². The fourth-order valence-electron chi connectivity index (χ4n) is 1.69. The van der Waals surface area contributed by atoms with E-state index in [0.717, 1.165) is 0 Å². The number of nitrogens with one attached hydrogen (secondary N) is 1. The van der Waals surface area contributed by atoms with Crippen molar-refractivity contribution in [3.63, 3.8) is 0 Å². The predicted octanol–water partition coefficient (Wildman–Crippen LogP) is 1.85. The second kappa shape index (κ2) is 5.76. The molecule has 2 aromatic rings. The summed E-state index contributed by atoms with van der Waals surface area (Å²) >= 11 is 4.72. The molecule has 21 heavy (non-hydrogen) atoms. The molecular formula is C13H12FN3O2S2. The van der Waals surface area contributed by atoms with Crippen LogP contribution in [0.15, 0.2) is 47.4 Å². The van der Waals surface area contributed by atoms with Crippen LogP contribution in [-0.4, -0.2) is 13.4 Å². The van der Waals surface area contributed by atoms with Crippen LogP contribution in [0.3, 0.4) is 0 Å². The van der Waals surface area contributed by atoms with Gasteiger partial charge in [0.1, 0.15) is 10.8 Å². The second-order valence-electron chi connectivity index (χ2n) is 4.25. The minimum atomic E-state index is -3.73. The summed E-state index contributed by atoms with van der Waals surface area (Å²) in [5, 5.41) is 7.93. The molecule has 5 N–H and O–H groups in total. The van der Waals surface area contributed by atoms with Crippen LogP contribution in [0.25, 0.3) is 0 Å². The Bertz CT molecular complexity index is 790. The first-order valence-corrected chi connectivity index (χ1v) is 7.72. The lowest BCUT2D eigenvalue weighted by Gasteiger charge is -2.09. The topological polar surface area (TPSA) is 98.2 Å². The summed E-state index contributed by atoms with van der Waals surface area (Å²) in [5.74, 6) is -0.534. The molecule has 0 saturated heterocycles. The smallest absolute Gasteiger partial charge is 0.238 e. The Balaban J connectivity index is 2.23. The zero-order valence-corrected chi connectivity index (χ0v) is 12.3. The van der Waals surface area contributed by atoms with Crippen molar-refractivity contribution in [2.45, 2.75) is 4.90 Å². The summed E-state index contributed by atoms with van der Waals surface area (Å²) in [6.07, 6.45) is 0. The number of hydrogen-bond donors (Lipinski definition) is 3. The van der Waals surface area contributed by atoms with Crippen molar-refractivity contribution in [1.29, 1.82) is 0 Å². The minimum absolute atomic E-state index is 0.00283. The molecule has 0 aliphatic carbocycles. The summed E-state index contributed by atoms with van der Waals surface area (Å²) in [4.78, 5) is -0.0142. The number of primary sulfonamides is 1. The monoisotopic (exact) mass is 325 g/mol. The maximum absolute atomic E-state index is 13.7. The van der Waals surface area contributed by atoms with Crippen LogP contribution >= 0.6 is 12.2 Å². The van der Waals surface area contributed by atoms with Crippen molar-refractivity contribution in [1.82, 2.24) is 0 Å². The Morgan fingerprint density at radius 1 is 1.10 bits per heavy atom. The molecule has 5 nitrogen and oxygen atoms in total. The maximum Gasteiger partial charge on any atom is 0.238 e. The van der Waals surface area contributed by atoms with Gasteiger partial charge < -0.3 is 11.1 Å². The Hall–Kier alpha value is -2.03. The molecule has 0 unspecified atom stereocenters. The summed E-state index contributed by atoms with van der Waals surface area (Å²) < 4.78 is 36.0. The molecule has 0 fully saturated rings. The van der Waals surface area contributed by atoms with Gasteiger partial charge in [0.25, 0.3) is 0 Å². The molecule has 0 bridgehead atoms. The molecule has 0 heterocycles. The zero-order chi connectivity index (χ0) is 15.6. The molecule has 0 aliphatic rings. The average molecular weight is 325 g/mol. The largest absolute Gasteiger partial charge is 0.389 e. The number of benzene rings is 2. The van der Waals surface area contributed by atoms with Gasteiger partial charge >= 0.3 is 0 Å². The molecule has 0 amide bonds. The predicted molar refractivity (Wildman–Crippen MR) is 83.4 cm³/mol. The normalized spacial score (nSPS) is 11.1. The molecule has 2 rings (SSSR count). The SMILES string of the molecule is NC(=S)c1ccc(Nc2ccc(S(N)(=O)=O)cc2)cc1F. The van der Waals surface area contributed by atoms with E-state index < -0.39 is 15.8 Å². The Morgan fingerprint density at radius 2 is 1.67 bits per heavy atom. The first-order chi connectivity index (χ1) is 9.77. The van der Waals surface area contributed by atoms with Crippen LogP contribution in [0.5, 0.6) is 0 Å². The van der Waals surface area contributed by atoms with Crippen LogP contribution in [0.1, 0.15) is 5.56 Å². The van der Waals surface area contributed by atoms with E-state index in [2.05, 4.69) is 5.32 Å². The van der Waals surface area contributed by atoms with Gasteiger partial charge in [0, 0.05) is 16.9 Å². The lowest BCUT2D eigenvalue weighted by Crippen LogP contribution is -2.12. The Morgan fingerprint density at radius 3 is 2.14 bits per heavy atom. The lowest BCUT2D eigenvalue weighted by molar-refractivity contribution is 0.598. The molecular weight excluding hydrogens is 313 g/mol. The van der Waals surface area contributed by atoms with Crippen LogP contribution < -0.4 is 16.2 Å². The van der Waals surface area contributed by atoms with Crippen molar-refractivity contribution >= 4 is 38.6 Å². The van der Waals surface area contributed by atoms with Gasteiger partial charge in [-0.1, -0.05) is 12.2 Å². The summed E-state index contributed by atoms with van der Waals surface area (Å²) in [6.45, 7) is 0. The fourth-order valence-corrected chi connectivity index (χ4v) is 2.37. The lowest BCUT2D eigenvalue weighted by atomic mass is 10.2. The van der Waals surface area contributed by atoms with E-state index in [-0.39, 0.29) is 15.4 Å². The summed E-state index contributed by atoms with van der Waals surface area (Å²) in [7, 11) is -3.73. The highest BCUT2D eigenvalue weighted by Crippen LogP contribution is 2.20. The van der Waals surface area contributed by atoms with Crippen molar-refractivity contribution in [2.75, 3.05) is 5.32 Å². The van der Waals surface area contributed by atoms with Crippen LogP contribution in [0, 0.1) is 5.82 Å². The molecule has 110 valence electrons. The van der Waals surface area contributed by atoms with Gasteiger partial charge in [-0.05, 0) is 42.5 Å². The van der Waals surface area contributed by atoms with E-state index in [0.29, 0.717) is 11.4 Å². The highest BCUT2D eigenvalue weighted by molar-refractivity contribution is 7.89. The van der Waals surface area contributed by atoms with Crippen LogP contribution in [-0.2, 0) is 10.0 Å². The van der Waals surface area contributed by atoms with Crippen molar-refractivity contribution in [2.24, 2.45) is 10.9 Å². The molecule has 0 saturated carbocycles. The van der Waals surface area contributed by atoms with E-state index >= 15 is 0 Å². The third kappa shape index (κ3) is 3.75. The zero-order valence-electron chi connectivity index (χ0n) is 10.7. The molecule has 0 aromatic heterocycles. The van der Waals surface area contributed by atoms with Crippen LogP contribution in [0.4, 0.5) is 15.8 Å². The minimum Gasteiger partial charge on any atom is -0.389 e. The highest BCUT2D eigenvalue weighted by atomic mass is 32.2. The second-order valence-corrected chi connectivity index (χ2v) is 6.25. The highest BCUT2D eigenvalue weighted by Gasteiger charge is 2.08. The molecule has 0 spiro atoms. The van der Waals surface area contributed by atoms with E-state index in [4.69, 9.17) is 23.1 Å². The third-order valence-corrected chi connectivity index (χ3v) is 3.86. The number of thiocarbonyl (C=S) groups is 1. The van der Waals surface area contributed by atoms with Gasteiger partial charge in [-0.25, -0.2) is 17.9 Å². The number of anilines is 2. The maximum atomic E-state index is 13.7. The van der Waals surface area contributed by atoms with E-state index in [1.165, 1.54) is 36.4 Å². The Labute approximate surface area is 126 Å². The number of hydrogen-bond acceptors (Lipinski definition) is 4. The average Bonchev–Trinajstić information content (AvgIpc) is 2.38. The Kier molecular flexibility index (Phi) is 4.21. The molecule has 2 aromatic carbocycles. The van der Waals surface area contributed by atoms with Gasteiger partial charge in [0.05, 0.1) is 4.90 Å². The molecule has 0 radical (unpaired) electrons. The van der Waals surface area contributed by atoms with Gasteiger partial charge in [-0.2, -0.15) is 0 Å². The molecule has 8 heteroatoms. The summed E-state index contributed by atoms with van der Waals surface area (Å²) in [5.41, 5.74) is 6.61. The van der Waals surface area contributed by atoms with E-state index in [1.54, 1.807) is 6.07 Å². The van der Waals surface area contributed by atoms with Gasteiger partial charge in [-0.15, -0.1) is 0 Å². The number of sulfonamides is 1. The number of halogens is 1. The standard InChI is InChI=1S/C13H12FN3O2S2/c14-12-7-9(3-6-11(12)13(15)20)17-8-1-4-10(5-2-8)21(16,18)19/h1-7,17H,(H2,15,20)(H2,16,18,19). The molecule has 0 atom stereocenters. The van der Waals surface area contributed by atoms with Gasteiger partial charge in [-0.3, -0.25) is 0 Å². The fraction of sp³-hybridized carbons (Fsp3) is 0. The quantitative estimate of drug-likeness (QED) is 0.745. The van der Waals surface area contributed by atoms with Crippen molar-refractivity contribution in [3.05, 3.63) is 53.8 Å².